The Balaban J connectivity index is 2.27. The van der Waals surface area contributed by atoms with Crippen LogP contribution in [0.5, 0.6) is 0 Å². The number of hydrogen-bond acceptors (Lipinski definition) is 2. The molecule has 0 aliphatic carbocycles. The Morgan fingerprint density at radius 2 is 2.09 bits per heavy atom. The first kappa shape index (κ1) is 8.80. The molecule has 2 nitrogen and oxygen atoms in total. The third-order valence-electron chi connectivity index (χ3n) is 1.92. The third kappa shape index (κ3) is 2.34. The Kier molecular flexibility index (Phi) is 2.39. The van der Waals surface area contributed by atoms with Crippen LogP contribution < -0.4 is 5.73 Å². The smallest absolute Gasteiger partial charge is 0.329 e. The summed E-state index contributed by atoms with van der Waals surface area (Å²) in [4.78, 5) is 1.36. The summed E-state index contributed by atoms with van der Waals surface area (Å²) in [5, 5.41) is 0. The van der Waals surface area contributed by atoms with Crippen molar-refractivity contribution in [1.82, 2.24) is 4.90 Å². The van der Waals surface area contributed by atoms with E-state index in [-0.39, 0.29) is 6.04 Å². The molecular formula is C6H11F3N2. The predicted octanol–water partition coefficient (Wildman–Crippen LogP) is 0.582. The highest BCUT2D eigenvalue weighted by molar-refractivity contribution is 4.84. The summed E-state index contributed by atoms with van der Waals surface area (Å²) < 4.78 is 35.3. The molecule has 0 aromatic carbocycles. The highest BCUT2D eigenvalue weighted by atomic mass is 19.4. The molecule has 0 aromatic heterocycles. The largest absolute Gasteiger partial charge is 0.401 e. The average molecular weight is 168 g/mol. The molecule has 1 fully saturated rings. The molecule has 1 aliphatic heterocycles. The molecule has 1 aliphatic rings. The standard InChI is InChI=1S/C6H11F3N2/c7-6(8,9)4-11-2-1-5(11)3-10/h5H,1-4,10H2. The number of nitrogens with two attached hydrogens (primary N) is 1. The first-order chi connectivity index (χ1) is 5.03. The molecule has 1 unspecified atom stereocenters. The van der Waals surface area contributed by atoms with Gasteiger partial charge < -0.3 is 5.73 Å². The maximum Gasteiger partial charge on any atom is 0.401 e. The van der Waals surface area contributed by atoms with Crippen LogP contribution in [0.25, 0.3) is 0 Å². The molecule has 0 spiro atoms. The van der Waals surface area contributed by atoms with Crippen molar-refractivity contribution >= 4 is 0 Å². The number of alkyl halides is 3. The van der Waals surface area contributed by atoms with Gasteiger partial charge in [0.15, 0.2) is 0 Å². The summed E-state index contributed by atoms with van der Waals surface area (Å²) in [5.41, 5.74) is 5.23. The van der Waals surface area contributed by atoms with Gasteiger partial charge in [-0.25, -0.2) is 0 Å². The van der Waals surface area contributed by atoms with Crippen LogP contribution in [0.4, 0.5) is 13.2 Å². The summed E-state index contributed by atoms with van der Waals surface area (Å²) >= 11 is 0. The van der Waals surface area contributed by atoms with Crippen LogP contribution in [0.1, 0.15) is 6.42 Å². The zero-order valence-corrected chi connectivity index (χ0v) is 6.06. The third-order valence-corrected chi connectivity index (χ3v) is 1.92. The van der Waals surface area contributed by atoms with E-state index in [2.05, 4.69) is 0 Å². The number of hydrogen-bond donors (Lipinski definition) is 1. The Bertz CT molecular complexity index is 132. The van der Waals surface area contributed by atoms with Crippen LogP contribution in [0.2, 0.25) is 0 Å². The van der Waals surface area contributed by atoms with Crippen LogP contribution >= 0.6 is 0 Å². The second-order valence-electron chi connectivity index (χ2n) is 2.76. The molecule has 1 rings (SSSR count). The SMILES string of the molecule is NCC1CCN1CC(F)(F)F. The van der Waals surface area contributed by atoms with Gasteiger partial charge in [-0.15, -0.1) is 0 Å². The molecule has 11 heavy (non-hydrogen) atoms. The van der Waals surface area contributed by atoms with Gasteiger partial charge in [0.05, 0.1) is 6.54 Å². The highest BCUT2D eigenvalue weighted by Crippen LogP contribution is 2.23. The Morgan fingerprint density at radius 3 is 2.36 bits per heavy atom. The van der Waals surface area contributed by atoms with Crippen LogP contribution in [0.3, 0.4) is 0 Å². The van der Waals surface area contributed by atoms with Crippen molar-refractivity contribution in [2.75, 3.05) is 19.6 Å². The van der Waals surface area contributed by atoms with Crippen LogP contribution in [0, 0.1) is 0 Å². The topological polar surface area (TPSA) is 29.3 Å². The van der Waals surface area contributed by atoms with Crippen molar-refractivity contribution in [1.29, 1.82) is 0 Å². The van der Waals surface area contributed by atoms with Gasteiger partial charge in [-0.2, -0.15) is 13.2 Å². The number of nitrogens with zero attached hydrogens (tertiary/aromatic N) is 1. The molecule has 0 aromatic rings. The van der Waals surface area contributed by atoms with E-state index >= 15 is 0 Å². The summed E-state index contributed by atoms with van der Waals surface area (Å²) in [6.07, 6.45) is -3.28. The van der Waals surface area contributed by atoms with E-state index in [1.165, 1.54) is 4.90 Å². The molecule has 0 bridgehead atoms. The van der Waals surface area contributed by atoms with Crippen LogP contribution in [-0.4, -0.2) is 36.8 Å². The van der Waals surface area contributed by atoms with Gasteiger partial charge in [-0.05, 0) is 6.42 Å². The van der Waals surface area contributed by atoms with E-state index < -0.39 is 12.7 Å². The second kappa shape index (κ2) is 2.98. The quantitative estimate of drug-likeness (QED) is 0.653. The van der Waals surface area contributed by atoms with Crippen molar-refractivity contribution in [2.24, 2.45) is 5.73 Å². The first-order valence-corrected chi connectivity index (χ1v) is 3.54. The summed E-state index contributed by atoms with van der Waals surface area (Å²) in [6, 6.07) is -0.0448. The summed E-state index contributed by atoms with van der Waals surface area (Å²) in [7, 11) is 0. The molecule has 0 saturated carbocycles. The maximum atomic E-state index is 11.8. The van der Waals surface area contributed by atoms with Crippen molar-refractivity contribution in [3.8, 4) is 0 Å². The molecule has 1 atom stereocenters. The van der Waals surface area contributed by atoms with Crippen molar-refractivity contribution in [2.45, 2.75) is 18.6 Å². The van der Waals surface area contributed by atoms with E-state index in [0.717, 1.165) is 6.42 Å². The minimum absolute atomic E-state index is 0.0448. The van der Waals surface area contributed by atoms with Gasteiger partial charge in [0.2, 0.25) is 0 Å². The van der Waals surface area contributed by atoms with E-state index in [1.54, 1.807) is 0 Å². The monoisotopic (exact) mass is 168 g/mol. The normalized spacial score (nSPS) is 26.7. The lowest BCUT2D eigenvalue weighted by atomic mass is 10.0. The Labute approximate surface area is 63.2 Å². The van der Waals surface area contributed by atoms with E-state index in [9.17, 15) is 13.2 Å². The molecule has 2 N–H and O–H groups in total. The Morgan fingerprint density at radius 1 is 1.45 bits per heavy atom. The zero-order valence-electron chi connectivity index (χ0n) is 6.06. The fourth-order valence-corrected chi connectivity index (χ4v) is 1.20. The molecule has 1 saturated heterocycles. The van der Waals surface area contributed by atoms with Gasteiger partial charge in [0.25, 0.3) is 0 Å². The van der Waals surface area contributed by atoms with Gasteiger partial charge >= 0.3 is 6.18 Å². The molecular weight excluding hydrogens is 157 g/mol. The fraction of sp³-hybridized carbons (Fsp3) is 1.00. The zero-order chi connectivity index (χ0) is 8.48. The summed E-state index contributed by atoms with van der Waals surface area (Å²) in [6.45, 7) is 0.0479. The van der Waals surface area contributed by atoms with Crippen molar-refractivity contribution < 1.29 is 13.2 Å². The molecule has 66 valence electrons. The second-order valence-corrected chi connectivity index (χ2v) is 2.76. The Hall–Kier alpha value is -0.290. The average Bonchev–Trinajstić information content (AvgIpc) is 1.80. The lowest BCUT2D eigenvalue weighted by molar-refractivity contribution is -0.160. The fourth-order valence-electron chi connectivity index (χ4n) is 1.20. The molecule has 0 radical (unpaired) electrons. The van der Waals surface area contributed by atoms with Gasteiger partial charge in [0.1, 0.15) is 0 Å². The van der Waals surface area contributed by atoms with Crippen LogP contribution in [0.15, 0.2) is 0 Å². The lowest BCUT2D eigenvalue weighted by Gasteiger charge is -2.40. The maximum absolute atomic E-state index is 11.8. The van der Waals surface area contributed by atoms with E-state index in [4.69, 9.17) is 5.73 Å². The minimum Gasteiger partial charge on any atom is -0.329 e. The highest BCUT2D eigenvalue weighted by Gasteiger charge is 2.37. The van der Waals surface area contributed by atoms with E-state index in [1.807, 2.05) is 0 Å². The van der Waals surface area contributed by atoms with Gasteiger partial charge in [0, 0.05) is 19.1 Å². The number of rotatable bonds is 2. The van der Waals surface area contributed by atoms with Crippen molar-refractivity contribution in [3.63, 3.8) is 0 Å². The number of halogens is 3. The van der Waals surface area contributed by atoms with Crippen molar-refractivity contribution in [3.05, 3.63) is 0 Å². The predicted molar refractivity (Wildman–Crippen MR) is 35.1 cm³/mol. The first-order valence-electron chi connectivity index (χ1n) is 3.54. The molecule has 1 heterocycles. The number of likely N-dealkylation sites (tertiary alicyclic amines) is 1. The molecule has 0 amide bonds. The lowest BCUT2D eigenvalue weighted by Crippen LogP contribution is -2.54. The van der Waals surface area contributed by atoms with Gasteiger partial charge in [-0.1, -0.05) is 0 Å². The van der Waals surface area contributed by atoms with Crippen LogP contribution in [-0.2, 0) is 0 Å². The summed E-state index contributed by atoms with van der Waals surface area (Å²) in [5.74, 6) is 0. The van der Waals surface area contributed by atoms with E-state index in [0.29, 0.717) is 13.1 Å². The minimum atomic E-state index is -4.08. The molecule has 5 heteroatoms. The van der Waals surface area contributed by atoms with Gasteiger partial charge in [-0.3, -0.25) is 4.90 Å².